The monoisotopic (exact) mass is 545 g/mol. The van der Waals surface area contributed by atoms with Crippen molar-refractivity contribution in [3.8, 4) is 0 Å². The van der Waals surface area contributed by atoms with Crippen molar-refractivity contribution in [1.82, 2.24) is 20.9 Å². The first-order valence-corrected chi connectivity index (χ1v) is 12.3. The lowest BCUT2D eigenvalue weighted by molar-refractivity contribution is -0.142. The molecule has 14 nitrogen and oxygen atoms in total. The molecule has 5 unspecified atom stereocenters. The highest BCUT2D eigenvalue weighted by atomic mass is 16.4. The van der Waals surface area contributed by atoms with Gasteiger partial charge in [0, 0.05) is 23.5 Å². The largest absolute Gasteiger partial charge is 0.480 e. The molecule has 2 aromatic rings. The summed E-state index contributed by atoms with van der Waals surface area (Å²) in [5.41, 5.74) is 17.4. The summed E-state index contributed by atoms with van der Waals surface area (Å²) in [6.07, 6.45) is 0.954. The van der Waals surface area contributed by atoms with Crippen molar-refractivity contribution >= 4 is 46.4 Å². The molecule has 5 atom stereocenters. The first-order valence-electron chi connectivity index (χ1n) is 12.3. The number of amides is 5. The second kappa shape index (κ2) is 13.9. The zero-order valence-corrected chi connectivity index (χ0v) is 21.7. The lowest BCUT2D eigenvalue weighted by Gasteiger charge is -2.27. The second-order valence-corrected chi connectivity index (χ2v) is 9.34. The van der Waals surface area contributed by atoms with Gasteiger partial charge in [0.05, 0.1) is 18.9 Å². The fourth-order valence-electron chi connectivity index (χ4n) is 3.94. The number of carboxylic acids is 1. The van der Waals surface area contributed by atoms with Crippen LogP contribution >= 0.6 is 0 Å². The maximum Gasteiger partial charge on any atom is 0.326 e. The van der Waals surface area contributed by atoms with Gasteiger partial charge < -0.3 is 43.2 Å². The van der Waals surface area contributed by atoms with Crippen molar-refractivity contribution in [1.29, 1.82) is 0 Å². The molecule has 1 heterocycles. The van der Waals surface area contributed by atoms with Crippen LogP contribution in [0.5, 0.6) is 0 Å². The number of benzene rings is 1. The molecule has 0 saturated carbocycles. The average Bonchev–Trinajstić information content (AvgIpc) is 3.27. The van der Waals surface area contributed by atoms with Gasteiger partial charge >= 0.3 is 5.97 Å². The Labute approximate surface area is 224 Å². The number of carbonyl (C=O) groups is 6. The summed E-state index contributed by atoms with van der Waals surface area (Å²) in [6.45, 7) is 3.44. The van der Waals surface area contributed by atoms with E-state index in [0.717, 1.165) is 10.9 Å². The summed E-state index contributed by atoms with van der Waals surface area (Å²) in [5, 5.41) is 17.8. The molecule has 0 aliphatic heterocycles. The Morgan fingerprint density at radius 2 is 1.51 bits per heavy atom. The molecule has 39 heavy (non-hydrogen) atoms. The lowest BCUT2D eigenvalue weighted by atomic mass is 9.96. The Balaban J connectivity index is 2.20. The van der Waals surface area contributed by atoms with Gasteiger partial charge in [0.25, 0.3) is 0 Å². The van der Waals surface area contributed by atoms with Gasteiger partial charge in [0.2, 0.25) is 29.5 Å². The molecule has 0 aliphatic rings. The molecule has 14 heteroatoms. The maximum atomic E-state index is 13.2. The minimum atomic E-state index is -1.50. The fraction of sp³-hybridized carbons (Fsp3) is 0.440. The predicted molar refractivity (Wildman–Crippen MR) is 140 cm³/mol. The van der Waals surface area contributed by atoms with Crippen LogP contribution < -0.4 is 33.2 Å². The molecular formula is C25H35N7O7. The fourth-order valence-corrected chi connectivity index (χ4v) is 3.94. The number of rotatable bonds is 15. The van der Waals surface area contributed by atoms with Crippen LogP contribution in [0.4, 0.5) is 0 Å². The molecule has 0 bridgehead atoms. The summed E-state index contributed by atoms with van der Waals surface area (Å²) in [7, 11) is 0. The third-order valence-electron chi connectivity index (χ3n) is 6.30. The number of nitrogens with two attached hydrogens (primary N) is 3. The highest BCUT2D eigenvalue weighted by Crippen LogP contribution is 2.19. The van der Waals surface area contributed by atoms with Gasteiger partial charge in [-0.25, -0.2) is 4.79 Å². The summed E-state index contributed by atoms with van der Waals surface area (Å²) < 4.78 is 0. The predicted octanol–water partition coefficient (Wildman–Crippen LogP) is -1.63. The maximum absolute atomic E-state index is 13.2. The van der Waals surface area contributed by atoms with Crippen molar-refractivity contribution in [2.45, 2.75) is 63.7 Å². The van der Waals surface area contributed by atoms with Crippen molar-refractivity contribution in [2.75, 3.05) is 0 Å². The number of H-pyrrole nitrogens is 1. The third-order valence-corrected chi connectivity index (χ3v) is 6.30. The third kappa shape index (κ3) is 8.81. The van der Waals surface area contributed by atoms with Crippen LogP contribution in [-0.2, 0) is 35.2 Å². The number of hydrogen-bond donors (Lipinski definition) is 8. The summed E-state index contributed by atoms with van der Waals surface area (Å²) in [6, 6.07) is 1.90. The number of hydrogen-bond acceptors (Lipinski definition) is 7. The molecule has 11 N–H and O–H groups in total. The molecule has 0 saturated heterocycles. The van der Waals surface area contributed by atoms with Crippen molar-refractivity contribution in [2.24, 2.45) is 23.1 Å². The standard InChI is InChI=1S/C25H35N7O7/c1-3-12(2)21(32-23(36)17(10-20(28)34)30-22(35)15(26)9-19(27)33)24(37)31-18(25(38)39)8-13-11-29-16-7-5-4-6-14(13)16/h4-7,11-12,15,17-18,21,29H,3,8-10,26H2,1-2H3,(H2,27,33)(H2,28,34)(H,30,35)(H,31,37)(H,32,36)(H,38,39). The van der Waals surface area contributed by atoms with Crippen LogP contribution in [0.15, 0.2) is 30.5 Å². The minimum Gasteiger partial charge on any atom is -0.480 e. The number of para-hydroxylation sites is 1. The van der Waals surface area contributed by atoms with E-state index < -0.39 is 78.4 Å². The van der Waals surface area contributed by atoms with Crippen LogP contribution in [0.3, 0.4) is 0 Å². The molecule has 0 radical (unpaired) electrons. The van der Waals surface area contributed by atoms with Crippen LogP contribution in [0.25, 0.3) is 10.9 Å². The molecule has 2 rings (SSSR count). The Bertz CT molecular complexity index is 1230. The van der Waals surface area contributed by atoms with E-state index in [1.165, 1.54) is 0 Å². The van der Waals surface area contributed by atoms with Gasteiger partial charge in [-0.15, -0.1) is 0 Å². The zero-order chi connectivity index (χ0) is 29.3. The molecular weight excluding hydrogens is 510 g/mol. The number of carbonyl (C=O) groups excluding carboxylic acids is 5. The van der Waals surface area contributed by atoms with Crippen LogP contribution in [0.1, 0.15) is 38.7 Å². The lowest BCUT2D eigenvalue weighted by Crippen LogP contribution is -2.59. The SMILES string of the molecule is CCC(C)C(NC(=O)C(CC(N)=O)NC(=O)C(N)CC(N)=O)C(=O)NC(Cc1c[nH]c2ccccc12)C(=O)O. The summed E-state index contributed by atoms with van der Waals surface area (Å²) in [4.78, 5) is 76.3. The number of aromatic amines is 1. The molecule has 0 fully saturated rings. The van der Waals surface area contributed by atoms with Crippen LogP contribution in [-0.4, -0.2) is 69.8 Å². The van der Waals surface area contributed by atoms with Gasteiger partial charge in [-0.2, -0.15) is 0 Å². The van der Waals surface area contributed by atoms with Gasteiger partial charge in [-0.05, 0) is 17.5 Å². The van der Waals surface area contributed by atoms with Crippen molar-refractivity contribution in [3.63, 3.8) is 0 Å². The number of carboxylic acid groups (broad SMARTS) is 1. The molecule has 1 aromatic carbocycles. The smallest absolute Gasteiger partial charge is 0.326 e. The van der Waals surface area contributed by atoms with Gasteiger partial charge in [0.1, 0.15) is 18.1 Å². The molecule has 5 amide bonds. The van der Waals surface area contributed by atoms with E-state index in [4.69, 9.17) is 17.2 Å². The molecule has 0 spiro atoms. The van der Waals surface area contributed by atoms with E-state index in [-0.39, 0.29) is 6.42 Å². The highest BCUT2D eigenvalue weighted by molar-refractivity contribution is 5.97. The van der Waals surface area contributed by atoms with E-state index in [2.05, 4.69) is 20.9 Å². The first-order chi connectivity index (χ1) is 18.3. The molecule has 212 valence electrons. The second-order valence-electron chi connectivity index (χ2n) is 9.34. The number of fused-ring (bicyclic) bond motifs is 1. The molecule has 1 aromatic heterocycles. The summed E-state index contributed by atoms with van der Waals surface area (Å²) in [5.74, 6) is -6.11. The van der Waals surface area contributed by atoms with E-state index in [1.54, 1.807) is 20.0 Å². The quantitative estimate of drug-likeness (QED) is 0.129. The van der Waals surface area contributed by atoms with Crippen molar-refractivity contribution < 1.29 is 33.9 Å². The first kappa shape index (κ1) is 30.8. The summed E-state index contributed by atoms with van der Waals surface area (Å²) >= 11 is 0. The normalized spacial score (nSPS) is 14.8. The van der Waals surface area contributed by atoms with E-state index in [9.17, 15) is 33.9 Å². The van der Waals surface area contributed by atoms with Gasteiger partial charge in [0.15, 0.2) is 0 Å². The minimum absolute atomic E-state index is 0.0234. The Hall–Kier alpha value is -4.46. The van der Waals surface area contributed by atoms with Gasteiger partial charge in [-0.1, -0.05) is 38.5 Å². The number of nitrogens with one attached hydrogen (secondary N) is 4. The van der Waals surface area contributed by atoms with Crippen LogP contribution in [0, 0.1) is 5.92 Å². The molecule has 0 aliphatic carbocycles. The zero-order valence-electron chi connectivity index (χ0n) is 21.7. The van der Waals surface area contributed by atoms with E-state index >= 15 is 0 Å². The van der Waals surface area contributed by atoms with E-state index in [1.807, 2.05) is 24.3 Å². The Morgan fingerprint density at radius 3 is 2.10 bits per heavy atom. The van der Waals surface area contributed by atoms with Crippen molar-refractivity contribution in [3.05, 3.63) is 36.0 Å². The number of aromatic nitrogens is 1. The Morgan fingerprint density at radius 1 is 0.897 bits per heavy atom. The topological polar surface area (TPSA) is 253 Å². The highest BCUT2D eigenvalue weighted by Gasteiger charge is 2.33. The van der Waals surface area contributed by atoms with Crippen LogP contribution in [0.2, 0.25) is 0 Å². The van der Waals surface area contributed by atoms with Gasteiger partial charge in [-0.3, -0.25) is 24.0 Å². The van der Waals surface area contributed by atoms with E-state index in [0.29, 0.717) is 12.0 Å². The number of aliphatic carboxylic acids is 1. The number of primary amides is 2. The Kier molecular flexibility index (Phi) is 11.0. The average molecular weight is 546 g/mol.